The Balaban J connectivity index is 1.26. The molecule has 2 aromatic heterocycles. The van der Waals surface area contributed by atoms with E-state index in [-0.39, 0.29) is 30.4 Å². The lowest BCUT2D eigenvalue weighted by Gasteiger charge is -2.23. The topological polar surface area (TPSA) is 109 Å². The highest BCUT2D eigenvalue weighted by atomic mass is 35.5. The highest BCUT2D eigenvalue weighted by Crippen LogP contribution is 2.31. The van der Waals surface area contributed by atoms with Crippen molar-refractivity contribution in [3.63, 3.8) is 0 Å². The Morgan fingerprint density at radius 3 is 2.76 bits per heavy atom. The van der Waals surface area contributed by atoms with Gasteiger partial charge in [0.2, 0.25) is 11.9 Å². The number of halogens is 1. The number of rotatable bonds is 7. The number of carbonyl (C=O) groups is 2. The maximum absolute atomic E-state index is 13.2. The van der Waals surface area contributed by atoms with Gasteiger partial charge in [-0.05, 0) is 49.9 Å². The molecule has 2 aliphatic heterocycles. The molecule has 0 aliphatic carbocycles. The molecule has 9 nitrogen and oxygen atoms in total. The monoisotopic (exact) mass is 520 g/mol. The number of hydrogen-bond donors (Lipinski definition) is 2. The number of fused-ring (bicyclic) bond motifs is 1. The molecule has 0 bridgehead atoms. The Kier molecular flexibility index (Phi) is 7.34. The van der Waals surface area contributed by atoms with Crippen LogP contribution < -0.4 is 10.6 Å². The molecule has 1 saturated heterocycles. The number of benzene rings is 1. The molecule has 2 aliphatic rings. The van der Waals surface area contributed by atoms with Crippen molar-refractivity contribution in [1.82, 2.24) is 25.2 Å². The van der Waals surface area contributed by atoms with Gasteiger partial charge in [-0.1, -0.05) is 29.8 Å². The first-order valence-electron chi connectivity index (χ1n) is 12.4. The fourth-order valence-corrected chi connectivity index (χ4v) is 4.78. The second-order valence-corrected chi connectivity index (χ2v) is 9.88. The van der Waals surface area contributed by atoms with Gasteiger partial charge < -0.3 is 20.3 Å². The molecule has 3 aromatic rings. The zero-order valence-electron chi connectivity index (χ0n) is 20.8. The van der Waals surface area contributed by atoms with Gasteiger partial charge in [0.05, 0.1) is 23.0 Å². The summed E-state index contributed by atoms with van der Waals surface area (Å²) in [6, 6.07) is 9.46. The van der Waals surface area contributed by atoms with Crippen molar-refractivity contribution in [2.45, 2.75) is 45.3 Å². The number of aromatic nitrogens is 3. The Labute approximate surface area is 220 Å². The molecule has 0 saturated carbocycles. The van der Waals surface area contributed by atoms with Crippen LogP contribution in [0, 0.1) is 6.92 Å². The van der Waals surface area contributed by atoms with Crippen LogP contribution in [-0.2, 0) is 16.1 Å². The number of nitrogens with one attached hydrogen (secondary N) is 2. The quantitative estimate of drug-likeness (QED) is 0.486. The molecule has 1 fully saturated rings. The summed E-state index contributed by atoms with van der Waals surface area (Å²) in [6.07, 6.45) is 5.10. The maximum Gasteiger partial charge on any atom is 0.254 e. The van der Waals surface area contributed by atoms with Crippen LogP contribution in [0.3, 0.4) is 0 Å². The van der Waals surface area contributed by atoms with E-state index < -0.39 is 0 Å². The van der Waals surface area contributed by atoms with Gasteiger partial charge in [-0.15, -0.1) is 0 Å². The number of nitrogens with zero attached hydrogens (tertiary/aromatic N) is 4. The summed E-state index contributed by atoms with van der Waals surface area (Å²) in [5.74, 6) is 0.0776. The van der Waals surface area contributed by atoms with Gasteiger partial charge in [0, 0.05) is 48.8 Å². The van der Waals surface area contributed by atoms with Gasteiger partial charge in [0.25, 0.3) is 5.91 Å². The summed E-state index contributed by atoms with van der Waals surface area (Å²) in [5.41, 5.74) is 4.52. The molecule has 37 heavy (non-hydrogen) atoms. The van der Waals surface area contributed by atoms with E-state index in [9.17, 15) is 9.59 Å². The van der Waals surface area contributed by atoms with Crippen molar-refractivity contribution in [2.75, 3.05) is 25.1 Å². The van der Waals surface area contributed by atoms with E-state index in [4.69, 9.17) is 16.3 Å². The highest BCUT2D eigenvalue weighted by molar-refractivity contribution is 6.33. The molecular weight excluding hydrogens is 492 g/mol. The van der Waals surface area contributed by atoms with Crippen molar-refractivity contribution in [1.29, 1.82) is 0 Å². The van der Waals surface area contributed by atoms with Crippen LogP contribution in [0.15, 0.2) is 42.7 Å². The molecule has 4 heterocycles. The molecule has 192 valence electrons. The Morgan fingerprint density at radius 2 is 2.00 bits per heavy atom. The Bertz CT molecular complexity index is 1310. The molecule has 2 N–H and O–H groups in total. The molecule has 0 radical (unpaired) electrons. The van der Waals surface area contributed by atoms with Crippen LogP contribution in [0.4, 0.5) is 5.95 Å². The number of anilines is 1. The third kappa shape index (κ3) is 5.73. The summed E-state index contributed by atoms with van der Waals surface area (Å²) in [7, 11) is 0. The predicted molar refractivity (Wildman–Crippen MR) is 140 cm³/mol. The summed E-state index contributed by atoms with van der Waals surface area (Å²) >= 11 is 6.44. The van der Waals surface area contributed by atoms with E-state index in [1.807, 2.05) is 38.1 Å². The number of carbonyl (C=O) groups excluding carboxylic acids is 2. The first kappa shape index (κ1) is 25.1. The van der Waals surface area contributed by atoms with Gasteiger partial charge in [-0.25, -0.2) is 9.97 Å². The van der Waals surface area contributed by atoms with Crippen LogP contribution in [0.5, 0.6) is 0 Å². The number of aryl methyl sites for hydroxylation is 1. The lowest BCUT2D eigenvalue weighted by Crippen LogP contribution is -2.38. The summed E-state index contributed by atoms with van der Waals surface area (Å²) in [6.45, 7) is 5.57. The molecule has 1 atom stereocenters. The fraction of sp³-hybridized carbons (Fsp3) is 0.370. The molecule has 1 aromatic carbocycles. The number of hydrogen-bond acceptors (Lipinski definition) is 7. The first-order chi connectivity index (χ1) is 17.9. The van der Waals surface area contributed by atoms with E-state index in [2.05, 4.69) is 25.6 Å². The van der Waals surface area contributed by atoms with Crippen molar-refractivity contribution in [2.24, 2.45) is 0 Å². The molecule has 5 rings (SSSR count). The number of pyridine rings is 1. The average molecular weight is 521 g/mol. The minimum absolute atomic E-state index is 0.0279. The standard InChI is InChI=1S/C27H29ClN6O3/c1-16-3-4-19(12-29-16)17(2)31-24(35)15-34-14-20-6-5-18(11-22(20)26(34)36)25-23(28)13-30-27(33-25)32-21-7-9-37-10-8-21/h3-6,11-13,17,21H,7-10,14-15H2,1-2H3,(H,31,35)(H,30,32,33). The number of ether oxygens (including phenoxy) is 1. The van der Waals surface area contributed by atoms with Crippen LogP contribution in [-0.4, -0.2) is 57.5 Å². The van der Waals surface area contributed by atoms with E-state index in [1.165, 1.54) is 0 Å². The fourth-order valence-electron chi connectivity index (χ4n) is 4.58. The van der Waals surface area contributed by atoms with Crippen LogP contribution in [0.2, 0.25) is 5.02 Å². The lowest BCUT2D eigenvalue weighted by molar-refractivity contribution is -0.122. The third-order valence-corrected chi connectivity index (χ3v) is 6.98. The lowest BCUT2D eigenvalue weighted by atomic mass is 10.0. The van der Waals surface area contributed by atoms with E-state index in [0.29, 0.717) is 42.0 Å². The Hall–Kier alpha value is -3.56. The molecule has 0 spiro atoms. The minimum Gasteiger partial charge on any atom is -0.381 e. The molecular formula is C27H29ClN6O3. The van der Waals surface area contributed by atoms with Crippen molar-refractivity contribution in [3.05, 3.63) is 70.1 Å². The summed E-state index contributed by atoms with van der Waals surface area (Å²) in [5, 5.41) is 6.71. The second-order valence-electron chi connectivity index (χ2n) is 9.48. The third-order valence-electron chi connectivity index (χ3n) is 6.71. The summed E-state index contributed by atoms with van der Waals surface area (Å²) in [4.78, 5) is 40.7. The van der Waals surface area contributed by atoms with Gasteiger partial charge in [-0.2, -0.15) is 0 Å². The molecule has 2 amide bonds. The molecule has 10 heteroatoms. The van der Waals surface area contributed by atoms with Crippen LogP contribution >= 0.6 is 11.6 Å². The maximum atomic E-state index is 13.2. The van der Waals surface area contributed by atoms with Gasteiger partial charge in [0.15, 0.2) is 0 Å². The highest BCUT2D eigenvalue weighted by Gasteiger charge is 2.30. The second kappa shape index (κ2) is 10.8. The van der Waals surface area contributed by atoms with Crippen LogP contribution in [0.1, 0.15) is 53.0 Å². The van der Waals surface area contributed by atoms with E-state index in [0.717, 1.165) is 35.2 Å². The first-order valence-corrected chi connectivity index (χ1v) is 12.8. The SMILES string of the molecule is Cc1ccc(C(C)NC(=O)CN2Cc3ccc(-c4nc(NC5CCOCC5)ncc4Cl)cc3C2=O)cn1. The van der Waals surface area contributed by atoms with Crippen molar-refractivity contribution >= 4 is 29.4 Å². The van der Waals surface area contributed by atoms with E-state index >= 15 is 0 Å². The minimum atomic E-state index is -0.225. The summed E-state index contributed by atoms with van der Waals surface area (Å²) < 4.78 is 5.41. The van der Waals surface area contributed by atoms with Crippen molar-refractivity contribution in [3.8, 4) is 11.3 Å². The number of amides is 2. The zero-order valence-corrected chi connectivity index (χ0v) is 21.6. The molecule has 1 unspecified atom stereocenters. The zero-order chi connectivity index (χ0) is 25.9. The van der Waals surface area contributed by atoms with Gasteiger partial charge >= 0.3 is 0 Å². The largest absolute Gasteiger partial charge is 0.381 e. The van der Waals surface area contributed by atoms with Gasteiger partial charge in [0.1, 0.15) is 6.54 Å². The Morgan fingerprint density at radius 1 is 1.19 bits per heavy atom. The predicted octanol–water partition coefficient (Wildman–Crippen LogP) is 3.92. The van der Waals surface area contributed by atoms with E-state index in [1.54, 1.807) is 23.4 Å². The average Bonchev–Trinajstić information content (AvgIpc) is 3.20. The van der Waals surface area contributed by atoms with Crippen molar-refractivity contribution < 1.29 is 14.3 Å². The smallest absolute Gasteiger partial charge is 0.254 e. The van der Waals surface area contributed by atoms with Crippen LogP contribution in [0.25, 0.3) is 11.3 Å². The van der Waals surface area contributed by atoms with Gasteiger partial charge in [-0.3, -0.25) is 14.6 Å². The normalized spacial score (nSPS) is 16.4.